The minimum atomic E-state index is -0.577. The molecule has 29 heavy (non-hydrogen) atoms. The smallest absolute Gasteiger partial charge is 0.337 e. The second kappa shape index (κ2) is 8.92. The topological polar surface area (TPSA) is 75.7 Å². The van der Waals surface area contributed by atoms with Gasteiger partial charge in [-0.3, -0.25) is 9.59 Å². The number of amides is 2. The Morgan fingerprint density at radius 3 is 2.28 bits per heavy atom. The molecule has 6 nitrogen and oxygen atoms in total. The first-order chi connectivity index (χ1) is 14.0. The average molecular weight is 413 g/mol. The van der Waals surface area contributed by atoms with E-state index >= 15 is 0 Å². The number of unbranched alkanes of at least 4 members (excludes halogenated alkanes) is 1. The Hall–Kier alpha value is -3.12. The van der Waals surface area contributed by atoms with Crippen molar-refractivity contribution in [2.24, 2.45) is 0 Å². The van der Waals surface area contributed by atoms with Crippen molar-refractivity contribution in [1.82, 2.24) is 0 Å². The van der Waals surface area contributed by atoms with E-state index in [-0.39, 0.29) is 10.7 Å². The van der Waals surface area contributed by atoms with Gasteiger partial charge in [0.2, 0.25) is 0 Å². The van der Waals surface area contributed by atoms with Crippen LogP contribution in [0.1, 0.15) is 35.7 Å². The number of nitrogens with zero attached hydrogens (tertiary/aromatic N) is 1. The molecule has 0 radical (unpaired) electrons. The third kappa shape index (κ3) is 4.32. The van der Waals surface area contributed by atoms with Crippen LogP contribution in [0.15, 0.2) is 59.3 Å². The predicted octanol–water partition coefficient (Wildman–Crippen LogP) is 4.25. The summed E-state index contributed by atoms with van der Waals surface area (Å²) < 4.78 is 4.66. The number of anilines is 2. The van der Waals surface area contributed by atoms with Crippen molar-refractivity contribution in [1.29, 1.82) is 0 Å². The number of carbonyl (C=O) groups is 3. The molecule has 1 N–H and O–H groups in total. The van der Waals surface area contributed by atoms with Gasteiger partial charge in [-0.25, -0.2) is 9.69 Å². The van der Waals surface area contributed by atoms with Gasteiger partial charge in [0.15, 0.2) is 0 Å². The molecule has 1 heterocycles. The third-order valence-electron chi connectivity index (χ3n) is 4.62. The highest BCUT2D eigenvalue weighted by Crippen LogP contribution is 2.30. The maximum absolute atomic E-state index is 12.8. The van der Waals surface area contributed by atoms with E-state index in [9.17, 15) is 14.4 Å². The Bertz CT molecular complexity index is 965. The fraction of sp³-hybridized carbons (Fsp3) is 0.227. The fourth-order valence-corrected chi connectivity index (χ4v) is 3.20. The molecular formula is C22H21ClN2O4. The van der Waals surface area contributed by atoms with Crippen molar-refractivity contribution in [3.8, 4) is 0 Å². The van der Waals surface area contributed by atoms with E-state index in [0.717, 1.165) is 29.7 Å². The van der Waals surface area contributed by atoms with Crippen LogP contribution >= 0.6 is 11.6 Å². The molecule has 2 aromatic carbocycles. The number of carbonyl (C=O) groups excluding carboxylic acids is 3. The summed E-state index contributed by atoms with van der Waals surface area (Å²) in [5.41, 5.74) is 2.51. The zero-order chi connectivity index (χ0) is 21.0. The minimum Gasteiger partial charge on any atom is -0.465 e. The number of hydrogen-bond donors (Lipinski definition) is 1. The maximum atomic E-state index is 12.8. The molecule has 150 valence electrons. The highest BCUT2D eigenvalue weighted by atomic mass is 35.5. The van der Waals surface area contributed by atoms with E-state index in [0.29, 0.717) is 16.9 Å². The lowest BCUT2D eigenvalue weighted by Gasteiger charge is -2.15. The fourth-order valence-electron chi connectivity index (χ4n) is 2.99. The molecule has 0 unspecified atom stereocenters. The molecular weight excluding hydrogens is 392 g/mol. The summed E-state index contributed by atoms with van der Waals surface area (Å²) in [5.74, 6) is -1.57. The number of hydrogen-bond acceptors (Lipinski definition) is 5. The van der Waals surface area contributed by atoms with Crippen LogP contribution < -0.4 is 10.2 Å². The van der Waals surface area contributed by atoms with Crippen LogP contribution in [0, 0.1) is 0 Å². The first kappa shape index (κ1) is 20.6. The average Bonchev–Trinajstić information content (AvgIpc) is 2.96. The van der Waals surface area contributed by atoms with E-state index in [1.807, 2.05) is 12.1 Å². The van der Waals surface area contributed by atoms with Crippen molar-refractivity contribution >= 4 is 40.8 Å². The van der Waals surface area contributed by atoms with E-state index < -0.39 is 17.8 Å². The van der Waals surface area contributed by atoms with Crippen LogP contribution in [0.4, 0.5) is 11.4 Å². The van der Waals surface area contributed by atoms with Crippen LogP contribution in [0.25, 0.3) is 0 Å². The molecule has 1 aliphatic rings. The van der Waals surface area contributed by atoms with Crippen LogP contribution in [-0.2, 0) is 20.7 Å². The predicted molar refractivity (Wildman–Crippen MR) is 112 cm³/mol. The highest BCUT2D eigenvalue weighted by Gasteiger charge is 2.38. The molecule has 1 aliphatic heterocycles. The lowest BCUT2D eigenvalue weighted by molar-refractivity contribution is -0.120. The number of halogens is 1. The summed E-state index contributed by atoms with van der Waals surface area (Å²) >= 11 is 6.15. The molecule has 3 rings (SSSR count). The second-order valence-corrected chi connectivity index (χ2v) is 6.98. The second-order valence-electron chi connectivity index (χ2n) is 6.60. The van der Waals surface area contributed by atoms with Gasteiger partial charge in [0.1, 0.15) is 10.7 Å². The summed E-state index contributed by atoms with van der Waals surface area (Å²) in [6, 6.07) is 13.6. The van der Waals surface area contributed by atoms with Crippen LogP contribution in [0.2, 0.25) is 0 Å². The number of ether oxygens (including phenoxy) is 1. The molecule has 0 atom stereocenters. The van der Waals surface area contributed by atoms with Crippen LogP contribution in [0.5, 0.6) is 0 Å². The first-order valence-corrected chi connectivity index (χ1v) is 9.67. The Morgan fingerprint density at radius 1 is 1.03 bits per heavy atom. The maximum Gasteiger partial charge on any atom is 0.337 e. The normalized spacial score (nSPS) is 13.8. The summed E-state index contributed by atoms with van der Waals surface area (Å²) in [6.45, 7) is 2.13. The van der Waals surface area contributed by atoms with Gasteiger partial charge in [-0.2, -0.15) is 0 Å². The van der Waals surface area contributed by atoms with Gasteiger partial charge >= 0.3 is 5.97 Å². The molecule has 0 aliphatic carbocycles. The van der Waals surface area contributed by atoms with Crippen LogP contribution in [-0.4, -0.2) is 24.9 Å². The third-order valence-corrected chi connectivity index (χ3v) is 4.97. The van der Waals surface area contributed by atoms with Crippen molar-refractivity contribution in [2.75, 3.05) is 17.3 Å². The summed E-state index contributed by atoms with van der Waals surface area (Å²) in [6.07, 6.45) is 3.13. The standard InChI is InChI=1S/C22H21ClN2O4/c1-3-4-5-14-6-12-17(13-7-14)25-20(26)18(23)19(21(25)27)24-16-10-8-15(9-11-16)22(28)29-2/h6-13,24H,3-5H2,1-2H3. The molecule has 7 heteroatoms. The van der Waals surface area contributed by atoms with Gasteiger partial charge in [-0.15, -0.1) is 0 Å². The quantitative estimate of drug-likeness (QED) is 0.543. The first-order valence-electron chi connectivity index (χ1n) is 9.29. The number of aryl methyl sites for hydroxylation is 1. The summed E-state index contributed by atoms with van der Waals surface area (Å²) in [4.78, 5) is 38.0. The zero-order valence-electron chi connectivity index (χ0n) is 16.2. The highest BCUT2D eigenvalue weighted by molar-refractivity contribution is 6.53. The molecule has 0 spiro atoms. The Balaban J connectivity index is 1.77. The van der Waals surface area contributed by atoms with Crippen molar-refractivity contribution in [3.63, 3.8) is 0 Å². The number of esters is 1. The Labute approximate surface area is 174 Å². The van der Waals surface area contributed by atoms with Gasteiger partial charge in [0.05, 0.1) is 18.4 Å². The van der Waals surface area contributed by atoms with Crippen molar-refractivity contribution < 1.29 is 19.1 Å². The van der Waals surface area contributed by atoms with Crippen molar-refractivity contribution in [3.05, 3.63) is 70.4 Å². The van der Waals surface area contributed by atoms with E-state index in [4.69, 9.17) is 11.6 Å². The lowest BCUT2D eigenvalue weighted by Crippen LogP contribution is -2.32. The molecule has 0 fully saturated rings. The summed E-state index contributed by atoms with van der Waals surface area (Å²) in [7, 11) is 1.30. The van der Waals surface area contributed by atoms with Gasteiger partial charge in [-0.1, -0.05) is 37.1 Å². The van der Waals surface area contributed by atoms with Gasteiger partial charge < -0.3 is 10.1 Å². The Kier molecular flexibility index (Phi) is 6.34. The molecule has 0 saturated heterocycles. The molecule has 2 amide bonds. The number of imide groups is 1. The number of nitrogens with one attached hydrogen (secondary N) is 1. The summed E-state index contributed by atoms with van der Waals surface area (Å²) in [5, 5.41) is 2.70. The number of methoxy groups -OCH3 is 1. The van der Waals surface area contributed by atoms with Gasteiger partial charge in [0.25, 0.3) is 11.8 Å². The number of benzene rings is 2. The Morgan fingerprint density at radius 2 is 1.69 bits per heavy atom. The molecule has 0 saturated carbocycles. The zero-order valence-corrected chi connectivity index (χ0v) is 17.0. The van der Waals surface area contributed by atoms with Crippen LogP contribution in [0.3, 0.4) is 0 Å². The molecule has 2 aromatic rings. The van der Waals surface area contributed by atoms with Crippen molar-refractivity contribution in [2.45, 2.75) is 26.2 Å². The minimum absolute atomic E-state index is 0.00227. The largest absolute Gasteiger partial charge is 0.465 e. The van der Waals surface area contributed by atoms with Gasteiger partial charge in [0, 0.05) is 5.69 Å². The van der Waals surface area contributed by atoms with E-state index in [1.165, 1.54) is 7.11 Å². The lowest BCUT2D eigenvalue weighted by atomic mass is 10.1. The molecule has 0 bridgehead atoms. The van der Waals surface area contributed by atoms with E-state index in [2.05, 4.69) is 17.0 Å². The monoisotopic (exact) mass is 412 g/mol. The number of rotatable bonds is 7. The SMILES string of the molecule is CCCCc1ccc(N2C(=O)C(Cl)=C(Nc3ccc(C(=O)OC)cc3)C2=O)cc1. The van der Waals surface area contributed by atoms with E-state index in [1.54, 1.807) is 36.4 Å². The van der Waals surface area contributed by atoms with Gasteiger partial charge in [-0.05, 0) is 54.8 Å². The molecule has 0 aromatic heterocycles.